The van der Waals surface area contributed by atoms with Gasteiger partial charge in [0.25, 0.3) is 0 Å². The van der Waals surface area contributed by atoms with Gasteiger partial charge in [0.2, 0.25) is 11.6 Å². The number of hydrogen-bond donors (Lipinski definition) is 2. The van der Waals surface area contributed by atoms with E-state index >= 15 is 0 Å². The Kier molecular flexibility index (Phi) is 4.46. The minimum atomic E-state index is -0.311. The van der Waals surface area contributed by atoms with Crippen LogP contribution in [0.2, 0.25) is 0 Å². The maximum absolute atomic E-state index is 12.7. The van der Waals surface area contributed by atoms with Crippen LogP contribution in [0.1, 0.15) is 47.7 Å². The van der Waals surface area contributed by atoms with Gasteiger partial charge in [-0.15, -0.1) is 0 Å². The van der Waals surface area contributed by atoms with E-state index < -0.39 is 0 Å². The number of imidazole rings is 2. The zero-order chi connectivity index (χ0) is 19.8. The Balaban J connectivity index is 1.54. The summed E-state index contributed by atoms with van der Waals surface area (Å²) < 4.78 is 0. The molecule has 28 heavy (non-hydrogen) atoms. The summed E-state index contributed by atoms with van der Waals surface area (Å²) in [5.74, 6) is 0.0416. The highest BCUT2D eigenvalue weighted by atomic mass is 16.1. The van der Waals surface area contributed by atoms with E-state index in [4.69, 9.17) is 0 Å². The lowest BCUT2D eigenvalue weighted by Gasteiger charge is -2.07. The summed E-state index contributed by atoms with van der Waals surface area (Å²) in [7, 11) is 0. The van der Waals surface area contributed by atoms with Gasteiger partial charge in [-0.2, -0.15) is 0 Å². The molecular formula is C20H20N6O2. The summed E-state index contributed by atoms with van der Waals surface area (Å²) in [4.78, 5) is 48.1. The Labute approximate surface area is 160 Å². The average molecular weight is 376 g/mol. The predicted octanol–water partition coefficient (Wildman–Crippen LogP) is 3.13. The SMILES string of the molecule is CC(C)C(=O)c1nc2nc(CC(C)C(=O)c3nc4ccncc4[nH]3)ccc2[nH]1. The fourth-order valence-corrected chi connectivity index (χ4v) is 3.05. The molecule has 4 aromatic rings. The van der Waals surface area contributed by atoms with Crippen molar-refractivity contribution >= 4 is 33.8 Å². The molecule has 0 saturated heterocycles. The number of nitrogens with zero attached hydrogens (tertiary/aromatic N) is 4. The van der Waals surface area contributed by atoms with E-state index in [2.05, 4.69) is 29.9 Å². The minimum Gasteiger partial charge on any atom is -0.334 e. The molecule has 0 aliphatic rings. The van der Waals surface area contributed by atoms with Gasteiger partial charge in [-0.3, -0.25) is 14.6 Å². The van der Waals surface area contributed by atoms with E-state index in [1.165, 1.54) is 0 Å². The van der Waals surface area contributed by atoms with Crippen molar-refractivity contribution in [2.24, 2.45) is 11.8 Å². The zero-order valence-corrected chi connectivity index (χ0v) is 15.9. The minimum absolute atomic E-state index is 0.0533. The van der Waals surface area contributed by atoms with E-state index in [1.54, 1.807) is 18.5 Å². The molecule has 0 radical (unpaired) electrons. The van der Waals surface area contributed by atoms with E-state index in [-0.39, 0.29) is 23.4 Å². The van der Waals surface area contributed by atoms with Crippen molar-refractivity contribution in [2.75, 3.05) is 0 Å². The number of Topliss-reactive ketones (excluding diaryl/α,β-unsaturated/α-hetero) is 2. The number of carbonyl (C=O) groups is 2. The molecule has 1 atom stereocenters. The van der Waals surface area contributed by atoms with E-state index in [0.717, 1.165) is 11.2 Å². The second-order valence-electron chi connectivity index (χ2n) is 7.23. The van der Waals surface area contributed by atoms with Gasteiger partial charge >= 0.3 is 0 Å². The van der Waals surface area contributed by atoms with E-state index in [9.17, 15) is 9.59 Å². The standard InChI is InChI=1S/C20H20N6O2/c1-10(2)16(27)19-24-14-5-4-12(22-18(14)26-19)8-11(3)17(28)20-23-13-6-7-21-9-15(13)25-20/h4-7,9-11H,8H2,1-3H3,(H,23,25)(H,22,24,26). The Morgan fingerprint density at radius 1 is 0.929 bits per heavy atom. The highest BCUT2D eigenvalue weighted by Crippen LogP contribution is 2.18. The zero-order valence-electron chi connectivity index (χ0n) is 15.9. The first-order valence-corrected chi connectivity index (χ1v) is 9.16. The molecule has 0 saturated carbocycles. The number of pyridine rings is 2. The van der Waals surface area contributed by atoms with Crippen molar-refractivity contribution in [2.45, 2.75) is 27.2 Å². The second kappa shape index (κ2) is 6.95. The quantitative estimate of drug-likeness (QED) is 0.499. The summed E-state index contributed by atoms with van der Waals surface area (Å²) in [6, 6.07) is 5.44. The number of aromatic nitrogens is 6. The van der Waals surface area contributed by atoms with Crippen molar-refractivity contribution < 1.29 is 9.59 Å². The third kappa shape index (κ3) is 3.28. The summed E-state index contributed by atoms with van der Waals surface area (Å²) in [6.07, 6.45) is 3.74. The normalized spacial score (nSPS) is 12.7. The lowest BCUT2D eigenvalue weighted by Crippen LogP contribution is -2.16. The molecule has 4 heterocycles. The van der Waals surface area contributed by atoms with Gasteiger partial charge in [0.05, 0.1) is 22.7 Å². The summed E-state index contributed by atoms with van der Waals surface area (Å²) in [6.45, 7) is 5.50. The molecule has 0 fully saturated rings. The van der Waals surface area contributed by atoms with Crippen molar-refractivity contribution in [3.63, 3.8) is 0 Å². The number of rotatable bonds is 6. The van der Waals surface area contributed by atoms with Gasteiger partial charge in [0, 0.05) is 23.7 Å². The smallest absolute Gasteiger partial charge is 0.201 e. The van der Waals surface area contributed by atoms with Crippen LogP contribution in [-0.2, 0) is 6.42 Å². The van der Waals surface area contributed by atoms with Crippen LogP contribution >= 0.6 is 0 Å². The van der Waals surface area contributed by atoms with Gasteiger partial charge in [0.15, 0.2) is 17.3 Å². The fourth-order valence-electron chi connectivity index (χ4n) is 3.05. The fraction of sp³-hybridized carbons (Fsp3) is 0.300. The maximum atomic E-state index is 12.7. The summed E-state index contributed by atoms with van der Waals surface area (Å²) in [5, 5.41) is 0. The monoisotopic (exact) mass is 376 g/mol. The molecule has 0 spiro atoms. The number of aromatic amines is 2. The number of carbonyl (C=O) groups excluding carboxylic acids is 2. The van der Waals surface area contributed by atoms with Gasteiger partial charge in [-0.25, -0.2) is 15.0 Å². The van der Waals surface area contributed by atoms with Gasteiger partial charge in [-0.05, 0) is 24.6 Å². The van der Waals surface area contributed by atoms with Crippen molar-refractivity contribution in [1.29, 1.82) is 0 Å². The number of nitrogens with one attached hydrogen (secondary N) is 2. The molecule has 0 aliphatic heterocycles. The maximum Gasteiger partial charge on any atom is 0.201 e. The predicted molar refractivity (Wildman–Crippen MR) is 104 cm³/mol. The van der Waals surface area contributed by atoms with Crippen LogP contribution in [0.4, 0.5) is 0 Å². The molecule has 4 rings (SSSR count). The molecule has 1 unspecified atom stereocenters. The molecule has 0 aromatic carbocycles. The van der Waals surface area contributed by atoms with Crippen LogP contribution < -0.4 is 0 Å². The second-order valence-corrected chi connectivity index (χ2v) is 7.23. The van der Waals surface area contributed by atoms with E-state index in [1.807, 2.05) is 32.9 Å². The molecule has 4 aromatic heterocycles. The van der Waals surface area contributed by atoms with Gasteiger partial charge in [-0.1, -0.05) is 20.8 Å². The Bertz CT molecular complexity index is 1160. The lowest BCUT2D eigenvalue weighted by molar-refractivity contribution is 0.0916. The number of fused-ring (bicyclic) bond motifs is 2. The molecule has 0 amide bonds. The van der Waals surface area contributed by atoms with Crippen molar-refractivity contribution in [3.05, 3.63) is 47.9 Å². The Morgan fingerprint density at radius 2 is 1.68 bits per heavy atom. The van der Waals surface area contributed by atoms with Crippen molar-refractivity contribution in [1.82, 2.24) is 29.9 Å². The van der Waals surface area contributed by atoms with Crippen LogP contribution in [0.25, 0.3) is 22.2 Å². The third-order valence-electron chi connectivity index (χ3n) is 4.64. The average Bonchev–Trinajstić information content (AvgIpc) is 3.30. The molecule has 8 nitrogen and oxygen atoms in total. The molecular weight excluding hydrogens is 356 g/mol. The first-order chi connectivity index (χ1) is 13.4. The molecule has 8 heteroatoms. The molecule has 2 N–H and O–H groups in total. The van der Waals surface area contributed by atoms with Crippen LogP contribution in [0.5, 0.6) is 0 Å². The largest absolute Gasteiger partial charge is 0.334 e. The van der Waals surface area contributed by atoms with E-state index in [0.29, 0.717) is 34.8 Å². The van der Waals surface area contributed by atoms with Crippen molar-refractivity contribution in [3.8, 4) is 0 Å². The molecule has 0 aliphatic carbocycles. The van der Waals surface area contributed by atoms with Crippen LogP contribution in [0, 0.1) is 11.8 Å². The first-order valence-electron chi connectivity index (χ1n) is 9.16. The molecule has 0 bridgehead atoms. The number of ketones is 2. The third-order valence-corrected chi connectivity index (χ3v) is 4.64. The topological polar surface area (TPSA) is 117 Å². The number of hydrogen-bond acceptors (Lipinski definition) is 6. The Morgan fingerprint density at radius 3 is 2.43 bits per heavy atom. The lowest BCUT2D eigenvalue weighted by atomic mass is 9.99. The Hall–Kier alpha value is -3.42. The van der Waals surface area contributed by atoms with Gasteiger partial charge in [0.1, 0.15) is 0 Å². The van der Waals surface area contributed by atoms with Crippen LogP contribution in [-0.4, -0.2) is 41.5 Å². The first kappa shape index (κ1) is 18.0. The van der Waals surface area contributed by atoms with Gasteiger partial charge < -0.3 is 9.97 Å². The number of H-pyrrole nitrogens is 2. The molecule has 142 valence electrons. The highest BCUT2D eigenvalue weighted by molar-refractivity contribution is 5.97. The van der Waals surface area contributed by atoms with Crippen LogP contribution in [0.15, 0.2) is 30.6 Å². The summed E-state index contributed by atoms with van der Waals surface area (Å²) in [5.41, 5.74) is 3.37. The summed E-state index contributed by atoms with van der Waals surface area (Å²) >= 11 is 0. The van der Waals surface area contributed by atoms with Crippen LogP contribution in [0.3, 0.4) is 0 Å². The highest BCUT2D eigenvalue weighted by Gasteiger charge is 2.21.